The van der Waals surface area contributed by atoms with Gasteiger partial charge in [-0.25, -0.2) is 0 Å². The number of rotatable bonds is 7. The van der Waals surface area contributed by atoms with Gasteiger partial charge in [0.05, 0.1) is 13.2 Å². The summed E-state index contributed by atoms with van der Waals surface area (Å²) in [6.07, 6.45) is 0.899. The van der Waals surface area contributed by atoms with Crippen LogP contribution in [0.4, 0.5) is 5.95 Å². The van der Waals surface area contributed by atoms with E-state index in [1.54, 1.807) is 7.05 Å². The van der Waals surface area contributed by atoms with E-state index in [1.807, 2.05) is 13.8 Å². The second-order valence-corrected chi connectivity index (χ2v) is 4.84. The molecule has 0 fully saturated rings. The molecular formula is C10H18N4O2S. The van der Waals surface area contributed by atoms with Crippen LogP contribution in [0.2, 0.25) is 0 Å². The topological polar surface area (TPSA) is 80.2 Å². The monoisotopic (exact) mass is 258 g/mol. The van der Waals surface area contributed by atoms with Crippen LogP contribution in [0.5, 0.6) is 6.01 Å². The van der Waals surface area contributed by atoms with Crippen molar-refractivity contribution in [2.24, 2.45) is 0 Å². The fourth-order valence-electron chi connectivity index (χ4n) is 0.978. The van der Waals surface area contributed by atoms with E-state index in [4.69, 9.17) is 9.84 Å². The van der Waals surface area contributed by atoms with Crippen molar-refractivity contribution >= 4 is 17.7 Å². The Morgan fingerprint density at radius 2 is 2.18 bits per heavy atom. The Hall–Kier alpha value is -1.08. The lowest BCUT2D eigenvalue weighted by atomic mass is 10.5. The van der Waals surface area contributed by atoms with Crippen LogP contribution in [0.1, 0.15) is 20.3 Å². The van der Waals surface area contributed by atoms with Gasteiger partial charge in [-0.05, 0) is 6.42 Å². The van der Waals surface area contributed by atoms with Crippen molar-refractivity contribution in [3.8, 4) is 6.01 Å². The van der Waals surface area contributed by atoms with Crippen LogP contribution in [0, 0.1) is 0 Å². The van der Waals surface area contributed by atoms with Crippen LogP contribution in [0.15, 0.2) is 5.16 Å². The van der Waals surface area contributed by atoms with Gasteiger partial charge < -0.3 is 15.2 Å². The first-order valence-electron chi connectivity index (χ1n) is 5.53. The molecule has 0 aliphatic carbocycles. The zero-order chi connectivity index (χ0) is 12.7. The van der Waals surface area contributed by atoms with Crippen molar-refractivity contribution in [2.45, 2.75) is 30.7 Å². The number of nitrogens with zero attached hydrogens (tertiary/aromatic N) is 3. The lowest BCUT2D eigenvalue weighted by Gasteiger charge is -2.09. The van der Waals surface area contributed by atoms with Gasteiger partial charge in [-0.3, -0.25) is 0 Å². The molecule has 6 nitrogen and oxygen atoms in total. The SMILES string of the molecule is CCCOc1nc(NC)nc(SC(C)CO)n1. The molecule has 1 unspecified atom stereocenters. The Morgan fingerprint density at radius 1 is 1.41 bits per heavy atom. The summed E-state index contributed by atoms with van der Waals surface area (Å²) in [5, 5.41) is 12.4. The summed E-state index contributed by atoms with van der Waals surface area (Å²) in [4.78, 5) is 12.5. The number of hydrogen-bond donors (Lipinski definition) is 2. The quantitative estimate of drug-likeness (QED) is 0.711. The molecule has 1 aromatic heterocycles. The van der Waals surface area contributed by atoms with Crippen LogP contribution < -0.4 is 10.1 Å². The summed E-state index contributed by atoms with van der Waals surface area (Å²) in [7, 11) is 1.74. The van der Waals surface area contributed by atoms with E-state index in [-0.39, 0.29) is 11.9 Å². The van der Waals surface area contributed by atoms with E-state index in [9.17, 15) is 0 Å². The minimum absolute atomic E-state index is 0.0427. The van der Waals surface area contributed by atoms with Gasteiger partial charge in [0.1, 0.15) is 0 Å². The van der Waals surface area contributed by atoms with Gasteiger partial charge in [0.15, 0.2) is 5.16 Å². The zero-order valence-corrected chi connectivity index (χ0v) is 11.1. The maximum Gasteiger partial charge on any atom is 0.322 e. The lowest BCUT2D eigenvalue weighted by molar-refractivity contribution is 0.288. The Labute approximate surface area is 105 Å². The van der Waals surface area contributed by atoms with Crippen LogP contribution in [0.3, 0.4) is 0 Å². The number of nitrogens with one attached hydrogen (secondary N) is 1. The Kier molecular flexibility index (Phi) is 5.99. The molecule has 2 N–H and O–H groups in total. The maximum atomic E-state index is 8.99. The highest BCUT2D eigenvalue weighted by Crippen LogP contribution is 2.21. The van der Waals surface area contributed by atoms with Crippen LogP contribution in [-0.2, 0) is 0 Å². The summed E-state index contributed by atoms with van der Waals surface area (Å²) < 4.78 is 5.38. The molecule has 0 saturated carbocycles. The highest BCUT2D eigenvalue weighted by molar-refractivity contribution is 7.99. The normalized spacial score (nSPS) is 12.2. The summed E-state index contributed by atoms with van der Waals surface area (Å²) in [6, 6.07) is 0.318. The van der Waals surface area contributed by atoms with Crippen LogP contribution >= 0.6 is 11.8 Å². The van der Waals surface area contributed by atoms with Gasteiger partial charge in [-0.1, -0.05) is 25.6 Å². The fourth-order valence-corrected chi connectivity index (χ4v) is 1.68. The first-order valence-corrected chi connectivity index (χ1v) is 6.41. The third-order valence-corrected chi connectivity index (χ3v) is 2.76. The number of hydrogen-bond acceptors (Lipinski definition) is 7. The highest BCUT2D eigenvalue weighted by Gasteiger charge is 2.10. The van der Waals surface area contributed by atoms with Crippen molar-refractivity contribution in [1.29, 1.82) is 0 Å². The standard InChI is InChI=1S/C10H18N4O2S/c1-4-5-16-9-12-8(11-3)13-10(14-9)17-7(2)6-15/h7,15H,4-6H2,1-3H3,(H,11,12,13,14). The molecule has 7 heteroatoms. The molecule has 0 aliphatic rings. The van der Waals surface area contributed by atoms with Gasteiger partial charge in [0, 0.05) is 12.3 Å². The van der Waals surface area contributed by atoms with E-state index < -0.39 is 0 Å². The first-order chi connectivity index (χ1) is 8.19. The zero-order valence-electron chi connectivity index (χ0n) is 10.3. The fraction of sp³-hybridized carbons (Fsp3) is 0.700. The number of aromatic nitrogens is 3. The van der Waals surface area contributed by atoms with Crippen molar-refractivity contribution in [3.05, 3.63) is 0 Å². The minimum atomic E-state index is 0.0427. The average Bonchev–Trinajstić information content (AvgIpc) is 2.35. The predicted molar refractivity (Wildman–Crippen MR) is 67.6 cm³/mol. The summed E-state index contributed by atoms with van der Waals surface area (Å²) in [5.74, 6) is 0.471. The number of thioether (sulfide) groups is 1. The molecule has 0 saturated heterocycles. The highest BCUT2D eigenvalue weighted by atomic mass is 32.2. The summed E-state index contributed by atoms with van der Waals surface area (Å²) >= 11 is 1.39. The smallest absolute Gasteiger partial charge is 0.322 e. The molecule has 1 rings (SSSR count). The van der Waals surface area contributed by atoms with Crippen LogP contribution in [-0.4, -0.2) is 45.6 Å². The molecule has 0 amide bonds. The molecule has 96 valence electrons. The largest absolute Gasteiger partial charge is 0.463 e. The Morgan fingerprint density at radius 3 is 2.76 bits per heavy atom. The predicted octanol–water partition coefficient (Wildman–Crippen LogP) is 1.17. The minimum Gasteiger partial charge on any atom is -0.463 e. The van der Waals surface area contributed by atoms with E-state index in [1.165, 1.54) is 11.8 Å². The molecule has 1 atom stereocenters. The summed E-state index contributed by atoms with van der Waals surface area (Å²) in [5.41, 5.74) is 0. The van der Waals surface area contributed by atoms with E-state index >= 15 is 0 Å². The van der Waals surface area contributed by atoms with Gasteiger partial charge >= 0.3 is 6.01 Å². The van der Waals surface area contributed by atoms with Gasteiger partial charge in [0.25, 0.3) is 0 Å². The molecule has 0 bridgehead atoms. The Bertz CT molecular complexity index is 351. The van der Waals surface area contributed by atoms with Gasteiger partial charge in [-0.2, -0.15) is 15.0 Å². The third-order valence-electron chi connectivity index (χ3n) is 1.82. The van der Waals surface area contributed by atoms with E-state index in [0.29, 0.717) is 23.7 Å². The number of aliphatic hydroxyl groups is 1. The van der Waals surface area contributed by atoms with Crippen molar-refractivity contribution in [1.82, 2.24) is 15.0 Å². The second-order valence-electron chi connectivity index (χ2n) is 3.43. The molecular weight excluding hydrogens is 240 g/mol. The number of ether oxygens (including phenoxy) is 1. The van der Waals surface area contributed by atoms with Crippen molar-refractivity contribution in [2.75, 3.05) is 25.6 Å². The lowest BCUT2D eigenvalue weighted by Crippen LogP contribution is -2.08. The number of aliphatic hydroxyl groups excluding tert-OH is 1. The molecule has 0 spiro atoms. The average molecular weight is 258 g/mol. The van der Waals surface area contributed by atoms with Gasteiger partial charge in [-0.15, -0.1) is 0 Å². The molecule has 0 aromatic carbocycles. The molecule has 17 heavy (non-hydrogen) atoms. The van der Waals surface area contributed by atoms with Gasteiger partial charge in [0.2, 0.25) is 5.95 Å². The van der Waals surface area contributed by atoms with E-state index in [2.05, 4.69) is 20.3 Å². The second kappa shape index (κ2) is 7.29. The van der Waals surface area contributed by atoms with Crippen molar-refractivity contribution in [3.63, 3.8) is 0 Å². The maximum absolute atomic E-state index is 8.99. The summed E-state index contributed by atoms with van der Waals surface area (Å²) in [6.45, 7) is 4.58. The number of anilines is 1. The molecule has 0 aliphatic heterocycles. The molecule has 0 radical (unpaired) electrons. The van der Waals surface area contributed by atoms with Crippen molar-refractivity contribution < 1.29 is 9.84 Å². The Balaban J connectivity index is 2.80. The van der Waals surface area contributed by atoms with Crippen LogP contribution in [0.25, 0.3) is 0 Å². The van der Waals surface area contributed by atoms with E-state index in [0.717, 1.165) is 6.42 Å². The first kappa shape index (κ1) is 14.0. The third kappa shape index (κ3) is 4.74. The molecule has 1 aromatic rings. The molecule has 1 heterocycles.